The second-order valence-electron chi connectivity index (χ2n) is 20.2. The van der Waals surface area contributed by atoms with E-state index in [0.29, 0.717) is 23.9 Å². The Hall–Kier alpha value is -3.07. The van der Waals surface area contributed by atoms with Crippen molar-refractivity contribution in [2.45, 2.75) is 238 Å². The smallest absolute Gasteiger partial charge is 0.306 e. The fraction of sp³-hybridized carbons (Fsp3) is 0.705. The highest BCUT2D eigenvalue weighted by Crippen LogP contribution is 2.38. The molecule has 3 unspecified atom stereocenters. The van der Waals surface area contributed by atoms with Gasteiger partial charge in [-0.25, -0.2) is 0 Å². The van der Waals surface area contributed by atoms with Crippen LogP contribution in [0.15, 0.2) is 97.2 Å². The van der Waals surface area contributed by atoms with Crippen LogP contribution in [0.3, 0.4) is 0 Å². The summed E-state index contributed by atoms with van der Waals surface area (Å²) < 4.78 is 30.2. The maximum absolute atomic E-state index is 13.5. The van der Waals surface area contributed by atoms with Gasteiger partial charge in [-0.1, -0.05) is 234 Å². The number of ether oxygens (including phenoxy) is 1. The second-order valence-corrected chi connectivity index (χ2v) is 21.6. The highest BCUT2D eigenvalue weighted by atomic mass is 31.2. The Balaban J connectivity index is 5.49. The van der Waals surface area contributed by atoms with Gasteiger partial charge in [0.2, 0.25) is 5.91 Å². The molecule has 0 aromatic heterocycles. The van der Waals surface area contributed by atoms with E-state index in [0.717, 1.165) is 77.0 Å². The van der Waals surface area contributed by atoms with Crippen molar-refractivity contribution in [3.63, 3.8) is 0 Å². The summed E-state index contributed by atoms with van der Waals surface area (Å²) in [5, 5.41) is 3.00. The molecule has 408 valence electrons. The Kier molecular flexibility index (Phi) is 48.3. The summed E-state index contributed by atoms with van der Waals surface area (Å²) in [7, 11) is 1.14. The number of allylic oxidation sites excluding steroid dienone is 15. The van der Waals surface area contributed by atoms with Crippen LogP contribution in [0.25, 0.3) is 0 Å². The van der Waals surface area contributed by atoms with Gasteiger partial charge in [0.25, 0.3) is 7.82 Å². The van der Waals surface area contributed by atoms with Crippen molar-refractivity contribution < 1.29 is 37.3 Å². The van der Waals surface area contributed by atoms with Crippen LogP contribution < -0.4 is 10.2 Å². The maximum atomic E-state index is 13.5. The number of amides is 1. The molecule has 0 rings (SSSR count). The van der Waals surface area contributed by atoms with Crippen molar-refractivity contribution in [2.75, 3.05) is 40.9 Å². The average Bonchev–Trinajstić information content (AvgIpc) is 3.33. The van der Waals surface area contributed by atoms with Crippen molar-refractivity contribution in [2.24, 2.45) is 0 Å². The number of nitrogens with zero attached hydrogens (tertiary/aromatic N) is 1. The minimum absolute atomic E-state index is 0.0353. The van der Waals surface area contributed by atoms with E-state index in [4.69, 9.17) is 13.8 Å². The molecule has 0 bridgehead atoms. The van der Waals surface area contributed by atoms with Gasteiger partial charge in [-0.15, -0.1) is 0 Å². The van der Waals surface area contributed by atoms with Crippen molar-refractivity contribution >= 4 is 19.7 Å². The Morgan fingerprint density at radius 1 is 0.507 bits per heavy atom. The fourth-order valence-corrected chi connectivity index (χ4v) is 8.45. The van der Waals surface area contributed by atoms with Gasteiger partial charge in [0.15, 0.2) is 0 Å². The maximum Gasteiger partial charge on any atom is 0.306 e. The molecule has 0 aromatic rings. The first-order chi connectivity index (χ1) is 34.4. The molecule has 10 heteroatoms. The fourth-order valence-electron chi connectivity index (χ4n) is 7.72. The van der Waals surface area contributed by atoms with Crippen molar-refractivity contribution in [3.05, 3.63) is 97.2 Å². The molecule has 3 atom stereocenters. The van der Waals surface area contributed by atoms with Crippen molar-refractivity contribution in [3.8, 4) is 0 Å². The zero-order valence-electron chi connectivity index (χ0n) is 46.4. The summed E-state index contributed by atoms with van der Waals surface area (Å²) in [5.74, 6) is -0.602. The molecule has 9 nitrogen and oxygen atoms in total. The van der Waals surface area contributed by atoms with E-state index in [1.165, 1.54) is 109 Å². The number of rotatable bonds is 50. The van der Waals surface area contributed by atoms with E-state index in [1.807, 2.05) is 94.1 Å². The lowest BCUT2D eigenvalue weighted by Crippen LogP contribution is -2.47. The molecule has 0 fully saturated rings. The SMILES string of the molecule is CC\C=C/C=C/C=C/C=C\C=C\C=C\CCCCCC(=O)OC(/C=C/CCCCCCCCCCCCC)C(COP(=O)([O-])OCC[N+](C)(C)C)NC(=O)CCCCCCCCC/C=C\CCCCCC. The summed E-state index contributed by atoms with van der Waals surface area (Å²) >= 11 is 0. The van der Waals surface area contributed by atoms with E-state index in [9.17, 15) is 19.0 Å². The summed E-state index contributed by atoms with van der Waals surface area (Å²) in [5.41, 5.74) is 0. The zero-order valence-corrected chi connectivity index (χ0v) is 47.3. The molecule has 1 amide bonds. The molecule has 0 heterocycles. The number of unbranched alkanes of at least 4 members (excludes halogenated alkanes) is 25. The van der Waals surface area contributed by atoms with Gasteiger partial charge in [0, 0.05) is 12.8 Å². The lowest BCUT2D eigenvalue weighted by molar-refractivity contribution is -0.870. The van der Waals surface area contributed by atoms with Gasteiger partial charge in [-0.05, 0) is 76.7 Å². The summed E-state index contributed by atoms with van der Waals surface area (Å²) in [6, 6.07) is -0.913. The molecule has 0 spiro atoms. The number of esters is 1. The molecule has 1 N–H and O–H groups in total. The van der Waals surface area contributed by atoms with Crippen LogP contribution in [0.5, 0.6) is 0 Å². The Morgan fingerprint density at radius 2 is 0.915 bits per heavy atom. The quantitative estimate of drug-likeness (QED) is 0.0161. The highest BCUT2D eigenvalue weighted by Gasteiger charge is 2.27. The first-order valence-corrected chi connectivity index (χ1v) is 30.1. The number of likely N-dealkylation sites (N-methyl/N-ethyl adjacent to an activating group) is 1. The monoisotopic (exact) mass is 1010 g/mol. The van der Waals surface area contributed by atoms with E-state index in [2.05, 4.69) is 50.4 Å². The van der Waals surface area contributed by atoms with Gasteiger partial charge in [-0.2, -0.15) is 0 Å². The number of nitrogens with one attached hydrogen (secondary N) is 1. The van der Waals surface area contributed by atoms with Gasteiger partial charge in [-0.3, -0.25) is 14.2 Å². The van der Waals surface area contributed by atoms with Gasteiger partial charge in [0.05, 0.1) is 33.8 Å². The van der Waals surface area contributed by atoms with Gasteiger partial charge in [0.1, 0.15) is 19.3 Å². The molecule has 0 saturated carbocycles. The normalized spacial score (nSPS) is 14.5. The molecular formula is C61H107N2O7P. The molecule has 0 saturated heterocycles. The second kappa shape index (κ2) is 50.5. The number of hydrogen-bond donors (Lipinski definition) is 1. The van der Waals surface area contributed by atoms with E-state index < -0.39 is 26.6 Å². The number of phosphoric ester groups is 1. The number of carbonyl (C=O) groups excluding carboxylic acids is 2. The molecule has 0 aliphatic carbocycles. The van der Waals surface area contributed by atoms with Crippen LogP contribution in [0.4, 0.5) is 0 Å². The Bertz CT molecular complexity index is 1540. The van der Waals surface area contributed by atoms with Crippen LogP contribution in [0.2, 0.25) is 0 Å². The predicted octanol–water partition coefficient (Wildman–Crippen LogP) is 16.6. The van der Waals surface area contributed by atoms with Crippen LogP contribution in [0, 0.1) is 0 Å². The topological polar surface area (TPSA) is 114 Å². The third kappa shape index (κ3) is 51.6. The predicted molar refractivity (Wildman–Crippen MR) is 302 cm³/mol. The Labute approximate surface area is 437 Å². The van der Waals surface area contributed by atoms with Crippen LogP contribution >= 0.6 is 7.82 Å². The van der Waals surface area contributed by atoms with Gasteiger partial charge >= 0.3 is 5.97 Å². The zero-order chi connectivity index (χ0) is 52.2. The number of hydrogen-bond acceptors (Lipinski definition) is 7. The Morgan fingerprint density at radius 3 is 1.42 bits per heavy atom. The summed E-state index contributed by atoms with van der Waals surface area (Å²) in [6.07, 6.45) is 66.5. The third-order valence-corrected chi connectivity index (χ3v) is 13.1. The average molecular weight is 1010 g/mol. The standard InChI is InChI=1S/C61H107N2O7P/c1-7-10-13-16-19-22-25-28-30-31-33-36-39-42-45-48-51-54-61(65)70-59(52-49-46-43-40-37-34-27-24-21-18-15-12-9-3)58(57-69-71(66,67)68-56-55-63(4,5)6)62-60(64)53-50-47-44-41-38-35-32-29-26-23-20-17-14-11-8-2/h10,13,16,19,22-23,25-26,28,30-31,33,36,39,49,52,58-59H,7-9,11-12,14-15,17-18,20-21,24,27,29,32,34-35,37-38,40-48,50-51,53-57H2,1-6H3,(H-,62,64,66,67)/b13-10-,19-16+,25-22+,26-23-,30-28-,33-31+,39-36+,52-49+. The van der Waals surface area contributed by atoms with Crippen LogP contribution in [-0.2, 0) is 27.9 Å². The molecule has 71 heavy (non-hydrogen) atoms. The van der Waals surface area contributed by atoms with E-state index >= 15 is 0 Å². The summed E-state index contributed by atoms with van der Waals surface area (Å²) in [4.78, 5) is 39.9. The highest BCUT2D eigenvalue weighted by molar-refractivity contribution is 7.45. The van der Waals surface area contributed by atoms with Crippen molar-refractivity contribution in [1.82, 2.24) is 5.32 Å². The van der Waals surface area contributed by atoms with E-state index in [1.54, 1.807) is 0 Å². The largest absolute Gasteiger partial charge is 0.756 e. The molecule has 0 aliphatic heterocycles. The molecule has 0 radical (unpaired) electrons. The van der Waals surface area contributed by atoms with Crippen LogP contribution in [0.1, 0.15) is 226 Å². The minimum Gasteiger partial charge on any atom is -0.756 e. The van der Waals surface area contributed by atoms with E-state index in [-0.39, 0.29) is 24.9 Å². The third-order valence-electron chi connectivity index (χ3n) is 12.2. The number of phosphoric acid groups is 1. The lowest BCUT2D eigenvalue weighted by Gasteiger charge is -2.30. The summed E-state index contributed by atoms with van der Waals surface area (Å²) in [6.45, 7) is 6.64. The van der Waals surface area contributed by atoms with Crippen molar-refractivity contribution in [1.29, 1.82) is 0 Å². The molecule has 0 aliphatic rings. The van der Waals surface area contributed by atoms with Gasteiger partial charge < -0.3 is 28.5 Å². The first kappa shape index (κ1) is 67.9. The van der Waals surface area contributed by atoms with Crippen LogP contribution in [-0.4, -0.2) is 69.4 Å². The molecule has 0 aromatic carbocycles. The first-order valence-electron chi connectivity index (χ1n) is 28.6. The molecular weight excluding hydrogens is 904 g/mol. The number of carbonyl (C=O) groups is 2. The number of quaternary nitrogens is 1. The lowest BCUT2D eigenvalue weighted by atomic mass is 10.0. The minimum atomic E-state index is -4.71.